The summed E-state index contributed by atoms with van der Waals surface area (Å²) in [4.78, 5) is 14.4. The summed E-state index contributed by atoms with van der Waals surface area (Å²) in [7, 11) is 1.94. The second-order valence-corrected chi connectivity index (χ2v) is 5.56. The minimum Gasteiger partial charge on any atom is -0.304 e. The third kappa shape index (κ3) is 2.68. The number of nitrogens with zero attached hydrogens (tertiary/aromatic N) is 3. The van der Waals surface area contributed by atoms with Crippen molar-refractivity contribution in [3.8, 4) is 0 Å². The highest BCUT2D eigenvalue weighted by Crippen LogP contribution is 2.33. The van der Waals surface area contributed by atoms with Crippen LogP contribution in [0.2, 0.25) is 0 Å². The lowest BCUT2D eigenvalue weighted by Gasteiger charge is -2.19. The molecule has 2 saturated carbocycles. The van der Waals surface area contributed by atoms with Gasteiger partial charge in [-0.3, -0.25) is 0 Å². The van der Waals surface area contributed by atoms with Crippen molar-refractivity contribution in [1.82, 2.24) is 9.47 Å². The normalized spacial score (nSPS) is 19.4. The van der Waals surface area contributed by atoms with Crippen molar-refractivity contribution in [2.45, 2.75) is 25.7 Å². The molecule has 0 atom stereocenters. The molecule has 0 aromatic carbocycles. The van der Waals surface area contributed by atoms with Crippen LogP contribution in [0.1, 0.15) is 25.7 Å². The number of aryl methyl sites for hydroxylation is 1. The quantitative estimate of drug-likeness (QED) is 0.724. The van der Waals surface area contributed by atoms with E-state index in [1.807, 2.05) is 30.3 Å². The Morgan fingerprint density at radius 2 is 1.88 bits per heavy atom. The number of imidazole rings is 1. The van der Waals surface area contributed by atoms with Gasteiger partial charge in [-0.2, -0.15) is 4.57 Å². The van der Waals surface area contributed by atoms with E-state index < -0.39 is 0 Å². The van der Waals surface area contributed by atoms with Crippen molar-refractivity contribution in [1.29, 1.82) is 0 Å². The monoisotopic (exact) mass is 234 g/mol. The maximum Gasteiger partial charge on any atom is 0.415 e. The fraction of sp³-hybridized carbons (Fsp3) is 0.692. The zero-order valence-electron chi connectivity index (χ0n) is 10.4. The minimum absolute atomic E-state index is 0.143. The maximum absolute atomic E-state index is 12.4. The highest BCUT2D eigenvalue weighted by Gasteiger charge is 2.33. The topological polar surface area (TPSA) is 29.1 Å². The smallest absolute Gasteiger partial charge is 0.304 e. The van der Waals surface area contributed by atoms with Crippen LogP contribution in [0, 0.1) is 11.8 Å². The first-order valence-corrected chi connectivity index (χ1v) is 6.55. The molecule has 1 heterocycles. The molecule has 1 aromatic heterocycles. The molecule has 0 spiro atoms. The second kappa shape index (κ2) is 4.17. The van der Waals surface area contributed by atoms with E-state index >= 15 is 0 Å². The Morgan fingerprint density at radius 1 is 1.29 bits per heavy atom. The summed E-state index contributed by atoms with van der Waals surface area (Å²) < 4.78 is 3.61. The molecule has 2 fully saturated rings. The van der Waals surface area contributed by atoms with E-state index in [4.69, 9.17) is 0 Å². The number of hydrogen-bond donors (Lipinski definition) is 0. The van der Waals surface area contributed by atoms with Crippen molar-refractivity contribution in [2.24, 2.45) is 18.9 Å². The van der Waals surface area contributed by atoms with E-state index in [2.05, 4.69) is 4.90 Å². The molecule has 17 heavy (non-hydrogen) atoms. The Hall–Kier alpha value is -1.32. The fourth-order valence-electron chi connectivity index (χ4n) is 2.18. The fourth-order valence-corrected chi connectivity index (χ4v) is 2.18. The van der Waals surface area contributed by atoms with Gasteiger partial charge in [0.25, 0.3) is 6.33 Å². The van der Waals surface area contributed by atoms with Crippen molar-refractivity contribution < 1.29 is 9.36 Å². The summed E-state index contributed by atoms with van der Waals surface area (Å²) >= 11 is 0. The van der Waals surface area contributed by atoms with Gasteiger partial charge in [-0.25, -0.2) is 9.36 Å². The van der Waals surface area contributed by atoms with Crippen LogP contribution in [-0.2, 0) is 7.05 Å². The molecular weight excluding hydrogens is 214 g/mol. The van der Waals surface area contributed by atoms with E-state index in [1.54, 1.807) is 4.57 Å². The first kappa shape index (κ1) is 10.8. The van der Waals surface area contributed by atoms with E-state index in [9.17, 15) is 4.79 Å². The number of carbonyl (C=O) groups excluding carboxylic acids is 1. The Labute approximate surface area is 102 Å². The molecule has 92 valence electrons. The molecule has 0 N–H and O–H groups in total. The summed E-state index contributed by atoms with van der Waals surface area (Å²) in [5, 5.41) is 0. The highest BCUT2D eigenvalue weighted by molar-refractivity contribution is 5.76. The van der Waals surface area contributed by atoms with E-state index in [-0.39, 0.29) is 6.03 Å². The van der Waals surface area contributed by atoms with Crippen LogP contribution in [-0.4, -0.2) is 28.6 Å². The van der Waals surface area contributed by atoms with Gasteiger partial charge in [0.05, 0.1) is 7.05 Å². The highest BCUT2D eigenvalue weighted by atomic mass is 16.2. The zero-order chi connectivity index (χ0) is 11.8. The lowest BCUT2D eigenvalue weighted by molar-refractivity contribution is -0.670. The van der Waals surface area contributed by atoms with Gasteiger partial charge in [0.15, 0.2) is 0 Å². The summed E-state index contributed by atoms with van der Waals surface area (Å²) in [6, 6.07) is 0.143. The molecule has 0 radical (unpaired) electrons. The van der Waals surface area contributed by atoms with Crippen LogP contribution >= 0.6 is 0 Å². The van der Waals surface area contributed by atoms with Gasteiger partial charge in [0.2, 0.25) is 0 Å². The van der Waals surface area contributed by atoms with E-state index in [0.29, 0.717) is 0 Å². The molecule has 0 saturated heterocycles. The van der Waals surface area contributed by atoms with Crippen LogP contribution < -0.4 is 4.57 Å². The van der Waals surface area contributed by atoms with Gasteiger partial charge < -0.3 is 4.90 Å². The summed E-state index contributed by atoms with van der Waals surface area (Å²) in [6.45, 7) is 1.91. The Balaban J connectivity index is 1.69. The Kier molecular flexibility index (Phi) is 2.65. The standard InChI is InChI=1S/C13H20N3O/c1-14-6-7-15(10-14)13(17)16(8-11-2-3-11)9-12-4-5-12/h6-7,10-12H,2-5,8-9H2,1H3/q+1. The van der Waals surface area contributed by atoms with Crippen molar-refractivity contribution >= 4 is 6.03 Å². The first-order valence-electron chi connectivity index (χ1n) is 6.55. The number of amides is 1. The predicted molar refractivity (Wildman–Crippen MR) is 63.4 cm³/mol. The van der Waals surface area contributed by atoms with Gasteiger partial charge in [-0.15, -0.1) is 0 Å². The first-order chi connectivity index (χ1) is 8.22. The Bertz CT molecular complexity index is 404. The van der Waals surface area contributed by atoms with Gasteiger partial charge in [-0.1, -0.05) is 0 Å². The van der Waals surface area contributed by atoms with Gasteiger partial charge in [0.1, 0.15) is 12.4 Å². The van der Waals surface area contributed by atoms with Gasteiger partial charge in [-0.05, 0) is 37.5 Å². The molecular formula is C13H20N3O+. The van der Waals surface area contributed by atoms with Gasteiger partial charge >= 0.3 is 6.03 Å². The SMILES string of the molecule is C[n+]1ccn(C(=O)N(CC2CC2)CC2CC2)c1. The van der Waals surface area contributed by atoms with Crippen molar-refractivity contribution in [3.05, 3.63) is 18.7 Å². The molecule has 0 bridgehead atoms. The lowest BCUT2D eigenvalue weighted by Crippen LogP contribution is -2.38. The average molecular weight is 234 g/mol. The molecule has 2 aliphatic carbocycles. The van der Waals surface area contributed by atoms with Crippen molar-refractivity contribution in [2.75, 3.05) is 13.1 Å². The number of rotatable bonds is 4. The molecule has 1 aromatic rings. The number of carbonyl (C=O) groups is 1. The van der Waals surface area contributed by atoms with Crippen LogP contribution in [0.25, 0.3) is 0 Å². The van der Waals surface area contributed by atoms with Gasteiger partial charge in [0, 0.05) is 13.1 Å². The third-order valence-corrected chi connectivity index (χ3v) is 3.61. The molecule has 2 aliphatic rings. The van der Waals surface area contributed by atoms with Crippen LogP contribution in [0.5, 0.6) is 0 Å². The molecule has 3 rings (SSSR count). The summed E-state index contributed by atoms with van der Waals surface area (Å²) in [6.07, 6.45) is 10.8. The Morgan fingerprint density at radius 3 is 2.29 bits per heavy atom. The van der Waals surface area contributed by atoms with Crippen LogP contribution in [0.3, 0.4) is 0 Å². The molecule has 0 unspecified atom stereocenters. The molecule has 1 amide bonds. The number of aromatic nitrogens is 2. The van der Waals surface area contributed by atoms with Crippen LogP contribution in [0.4, 0.5) is 4.79 Å². The maximum atomic E-state index is 12.4. The lowest BCUT2D eigenvalue weighted by atomic mass is 10.3. The predicted octanol–water partition coefficient (Wildman–Crippen LogP) is 1.40. The van der Waals surface area contributed by atoms with E-state index in [1.165, 1.54) is 25.7 Å². The third-order valence-electron chi connectivity index (χ3n) is 3.61. The molecule has 4 heteroatoms. The summed E-state index contributed by atoms with van der Waals surface area (Å²) in [5.74, 6) is 1.53. The molecule has 4 nitrogen and oxygen atoms in total. The van der Waals surface area contributed by atoms with Crippen molar-refractivity contribution in [3.63, 3.8) is 0 Å². The minimum atomic E-state index is 0.143. The van der Waals surface area contributed by atoms with Crippen LogP contribution in [0.15, 0.2) is 18.7 Å². The largest absolute Gasteiger partial charge is 0.415 e. The summed E-state index contributed by atoms with van der Waals surface area (Å²) in [5.41, 5.74) is 0. The zero-order valence-corrected chi connectivity index (χ0v) is 10.4. The second-order valence-electron chi connectivity index (χ2n) is 5.56. The number of hydrogen-bond acceptors (Lipinski definition) is 1. The van der Waals surface area contributed by atoms with E-state index in [0.717, 1.165) is 24.9 Å². The molecule has 0 aliphatic heterocycles. The average Bonchev–Trinajstić information content (AvgIpc) is 3.21.